The Kier molecular flexibility index (Phi) is 8.51. The lowest BCUT2D eigenvalue weighted by Crippen LogP contribution is -2.59. The number of hydrogen-bond acceptors (Lipinski definition) is 8. The number of amides is 1. The van der Waals surface area contributed by atoms with E-state index in [1.54, 1.807) is 4.90 Å². The number of aromatic nitrogens is 2. The van der Waals surface area contributed by atoms with Gasteiger partial charge < -0.3 is 24.9 Å². The highest BCUT2D eigenvalue weighted by Gasteiger charge is 2.42. The minimum atomic E-state index is -0.192. The van der Waals surface area contributed by atoms with Gasteiger partial charge in [0.25, 0.3) is 0 Å². The Labute approximate surface area is 276 Å². The Morgan fingerprint density at radius 3 is 2.59 bits per heavy atom. The molecule has 0 saturated carbocycles. The van der Waals surface area contributed by atoms with Crippen molar-refractivity contribution in [3.05, 3.63) is 65.3 Å². The van der Waals surface area contributed by atoms with E-state index in [1.165, 1.54) is 28.4 Å². The van der Waals surface area contributed by atoms with Crippen LogP contribution in [-0.2, 0) is 17.6 Å². The Balaban J connectivity index is 1.15. The Morgan fingerprint density at radius 1 is 1.07 bits per heavy atom. The van der Waals surface area contributed by atoms with Gasteiger partial charge in [0.15, 0.2) is 0 Å². The molecule has 3 aromatic rings. The summed E-state index contributed by atoms with van der Waals surface area (Å²) < 4.78 is 0. The normalized spacial score (nSPS) is 21.2. The predicted molar refractivity (Wildman–Crippen MR) is 185 cm³/mol. The number of piperazine rings is 1. The highest BCUT2D eigenvalue weighted by Crippen LogP contribution is 2.47. The van der Waals surface area contributed by atoms with Crippen LogP contribution in [0.15, 0.2) is 49.1 Å². The molecule has 0 radical (unpaired) electrons. The SMILES string of the molecule is C=CC(=O)N1CCN(c2nc(N3CC(NCC)C3)nc3c2CCC2(CCN(c4cccc5cccc(Cl)c45)CC2)C3)CC1CC#N. The minimum Gasteiger partial charge on any atom is -0.371 e. The number of benzene rings is 2. The van der Waals surface area contributed by atoms with Crippen LogP contribution in [0, 0.1) is 16.7 Å². The number of rotatable bonds is 7. The fraction of sp³-hybridized carbons (Fsp3) is 0.500. The molecule has 1 atom stereocenters. The predicted octanol–water partition coefficient (Wildman–Crippen LogP) is 4.97. The summed E-state index contributed by atoms with van der Waals surface area (Å²) in [7, 11) is 0. The van der Waals surface area contributed by atoms with Crippen molar-refractivity contribution in [3.8, 4) is 6.07 Å². The molecule has 4 aliphatic rings. The lowest BCUT2D eigenvalue weighted by atomic mass is 9.67. The van der Waals surface area contributed by atoms with Crippen molar-refractivity contribution in [1.82, 2.24) is 20.2 Å². The first-order valence-electron chi connectivity index (χ1n) is 16.8. The van der Waals surface area contributed by atoms with E-state index < -0.39 is 0 Å². The molecular weight excluding hydrogens is 596 g/mol. The highest BCUT2D eigenvalue weighted by atomic mass is 35.5. The van der Waals surface area contributed by atoms with Crippen LogP contribution in [0.5, 0.6) is 0 Å². The van der Waals surface area contributed by atoms with Gasteiger partial charge in [0.2, 0.25) is 11.9 Å². The van der Waals surface area contributed by atoms with Crippen LogP contribution in [0.1, 0.15) is 43.9 Å². The molecule has 1 aromatic heterocycles. The Hall–Kier alpha value is -3.87. The third kappa shape index (κ3) is 5.67. The second kappa shape index (κ2) is 12.7. The summed E-state index contributed by atoms with van der Waals surface area (Å²) in [5.41, 5.74) is 3.87. The van der Waals surface area contributed by atoms with E-state index in [9.17, 15) is 10.1 Å². The number of carbonyl (C=O) groups is 1. The number of carbonyl (C=O) groups excluding carboxylic acids is 1. The molecule has 1 unspecified atom stereocenters. The second-order valence-electron chi connectivity index (χ2n) is 13.4. The van der Waals surface area contributed by atoms with E-state index in [4.69, 9.17) is 21.6 Å². The fourth-order valence-electron chi connectivity index (χ4n) is 8.13. The van der Waals surface area contributed by atoms with E-state index in [1.807, 2.05) is 12.1 Å². The molecule has 7 rings (SSSR count). The maximum atomic E-state index is 12.6. The molecule has 2 aromatic carbocycles. The van der Waals surface area contributed by atoms with E-state index in [0.29, 0.717) is 25.7 Å². The summed E-state index contributed by atoms with van der Waals surface area (Å²) >= 11 is 6.71. The number of nitriles is 1. The van der Waals surface area contributed by atoms with E-state index in [2.05, 4.69) is 63.9 Å². The molecule has 0 bridgehead atoms. The molecular formula is C36H43ClN8O. The molecule has 3 fully saturated rings. The third-order valence-electron chi connectivity index (χ3n) is 10.7. The lowest BCUT2D eigenvalue weighted by molar-refractivity contribution is -0.128. The van der Waals surface area contributed by atoms with Crippen LogP contribution in [0.2, 0.25) is 5.02 Å². The van der Waals surface area contributed by atoms with E-state index in [0.717, 1.165) is 87.0 Å². The summed E-state index contributed by atoms with van der Waals surface area (Å²) in [6, 6.07) is 15.2. The van der Waals surface area contributed by atoms with Crippen LogP contribution >= 0.6 is 11.6 Å². The fourth-order valence-corrected chi connectivity index (χ4v) is 8.41. The molecule has 1 N–H and O–H groups in total. The zero-order valence-corrected chi connectivity index (χ0v) is 27.5. The zero-order valence-electron chi connectivity index (χ0n) is 26.7. The van der Waals surface area contributed by atoms with Crippen molar-refractivity contribution >= 4 is 45.7 Å². The van der Waals surface area contributed by atoms with Gasteiger partial charge in [-0.15, -0.1) is 0 Å². The summed E-state index contributed by atoms with van der Waals surface area (Å²) in [5, 5.41) is 16.3. The van der Waals surface area contributed by atoms with Crippen LogP contribution in [0.4, 0.5) is 17.5 Å². The Morgan fingerprint density at radius 2 is 1.85 bits per heavy atom. The first-order chi connectivity index (χ1) is 22.4. The Bertz CT molecular complexity index is 1670. The molecule has 9 nitrogen and oxygen atoms in total. The molecule has 3 saturated heterocycles. The maximum absolute atomic E-state index is 12.6. The van der Waals surface area contributed by atoms with Gasteiger partial charge >= 0.3 is 0 Å². The number of nitrogens with one attached hydrogen (secondary N) is 1. The topological polar surface area (TPSA) is 91.6 Å². The van der Waals surface area contributed by atoms with Crippen molar-refractivity contribution in [2.45, 2.75) is 57.5 Å². The largest absolute Gasteiger partial charge is 0.371 e. The van der Waals surface area contributed by atoms with Crippen molar-refractivity contribution in [3.63, 3.8) is 0 Å². The number of nitrogens with zero attached hydrogens (tertiary/aromatic N) is 7. The van der Waals surface area contributed by atoms with E-state index >= 15 is 0 Å². The quantitative estimate of drug-likeness (QED) is 0.363. The molecule has 3 aliphatic heterocycles. The molecule has 46 heavy (non-hydrogen) atoms. The van der Waals surface area contributed by atoms with Crippen molar-refractivity contribution in [2.75, 3.05) is 67.1 Å². The highest BCUT2D eigenvalue weighted by molar-refractivity contribution is 6.36. The van der Waals surface area contributed by atoms with Gasteiger partial charge in [-0.1, -0.05) is 49.4 Å². The summed E-state index contributed by atoms with van der Waals surface area (Å²) in [6.45, 7) is 12.4. The van der Waals surface area contributed by atoms with Crippen LogP contribution in [0.3, 0.4) is 0 Å². The maximum Gasteiger partial charge on any atom is 0.246 e. The summed E-state index contributed by atoms with van der Waals surface area (Å²) in [6.07, 6.45) is 6.88. The molecule has 10 heteroatoms. The summed E-state index contributed by atoms with van der Waals surface area (Å²) in [4.78, 5) is 32.0. The van der Waals surface area contributed by atoms with Crippen LogP contribution in [0.25, 0.3) is 10.8 Å². The molecule has 1 spiro atoms. The molecule has 1 aliphatic carbocycles. The number of halogens is 1. The van der Waals surface area contributed by atoms with Crippen molar-refractivity contribution in [2.24, 2.45) is 5.41 Å². The average Bonchev–Trinajstić information content (AvgIpc) is 3.05. The first kappa shape index (κ1) is 30.8. The van der Waals surface area contributed by atoms with Crippen LogP contribution < -0.4 is 20.0 Å². The molecule has 240 valence electrons. The van der Waals surface area contributed by atoms with E-state index in [-0.39, 0.29) is 23.8 Å². The number of piperidine rings is 1. The van der Waals surface area contributed by atoms with Gasteiger partial charge in [0, 0.05) is 68.5 Å². The second-order valence-corrected chi connectivity index (χ2v) is 13.8. The molecule has 1 amide bonds. The third-order valence-corrected chi connectivity index (χ3v) is 11.0. The average molecular weight is 639 g/mol. The number of likely N-dealkylation sites (N-methyl/N-ethyl adjacent to an activating group) is 1. The standard InChI is InChI=1S/C36H43ClN8O/c1-3-32(46)45-20-19-43(24-27(45)12-16-38)34-28-11-13-36(21-30(28)40-35(41-34)44-22-26(23-44)39-4-2)14-17-42(18-15-36)31-10-6-8-25-7-5-9-29(37)33(25)31/h3,5-10,26-27,39H,1,4,11-15,17-24H2,2H3. The molecule has 4 heterocycles. The van der Waals surface area contributed by atoms with Gasteiger partial charge in [-0.3, -0.25) is 4.79 Å². The lowest BCUT2D eigenvalue weighted by Gasteiger charge is -2.47. The van der Waals surface area contributed by atoms with Gasteiger partial charge in [-0.05, 0) is 67.7 Å². The minimum absolute atomic E-state index is 0.112. The van der Waals surface area contributed by atoms with Gasteiger partial charge in [-0.25, -0.2) is 4.98 Å². The van der Waals surface area contributed by atoms with Gasteiger partial charge in [0.05, 0.1) is 29.2 Å². The van der Waals surface area contributed by atoms with Gasteiger partial charge in [-0.2, -0.15) is 10.2 Å². The monoisotopic (exact) mass is 638 g/mol. The van der Waals surface area contributed by atoms with Crippen molar-refractivity contribution in [1.29, 1.82) is 5.26 Å². The first-order valence-corrected chi connectivity index (χ1v) is 17.1. The summed E-state index contributed by atoms with van der Waals surface area (Å²) in [5.74, 6) is 1.70. The smallest absolute Gasteiger partial charge is 0.246 e. The van der Waals surface area contributed by atoms with Gasteiger partial charge in [0.1, 0.15) is 5.82 Å². The zero-order chi connectivity index (χ0) is 31.8. The van der Waals surface area contributed by atoms with Crippen LogP contribution in [-0.4, -0.2) is 85.2 Å². The van der Waals surface area contributed by atoms with Crippen molar-refractivity contribution < 1.29 is 4.79 Å². The number of anilines is 3. The number of fused-ring (bicyclic) bond motifs is 2. The number of hydrogen-bond donors (Lipinski definition) is 1.